The molecule has 11 atom stereocenters. The SMILES string of the molecule is CC(CCC(=O)O)[C@H]1CC[C@H]2[C@@H]3C(O)[C@@H](C)[C@@H]4C[C@H](O)CC[C@]4(C)[C@H]3CC[C@]12C. The number of carboxylic acid groups (broad SMARTS) is 1. The summed E-state index contributed by atoms with van der Waals surface area (Å²) in [5.41, 5.74) is 0.480. The van der Waals surface area contributed by atoms with Crippen molar-refractivity contribution in [2.75, 3.05) is 0 Å². The van der Waals surface area contributed by atoms with Crippen LogP contribution in [0.3, 0.4) is 0 Å². The quantitative estimate of drug-likeness (QED) is 0.631. The number of hydrogen-bond donors (Lipinski definition) is 3. The van der Waals surface area contributed by atoms with Crippen LogP contribution in [0.5, 0.6) is 0 Å². The second kappa shape index (κ2) is 7.51. The zero-order valence-electron chi connectivity index (χ0n) is 18.8. The number of rotatable bonds is 4. The van der Waals surface area contributed by atoms with Gasteiger partial charge in [0.1, 0.15) is 0 Å². The maximum absolute atomic E-state index is 11.5. The van der Waals surface area contributed by atoms with Gasteiger partial charge in [0.05, 0.1) is 12.2 Å². The van der Waals surface area contributed by atoms with Gasteiger partial charge in [-0.2, -0.15) is 0 Å². The molecule has 4 heteroatoms. The Kier molecular flexibility index (Phi) is 5.60. The summed E-state index contributed by atoms with van der Waals surface area (Å²) >= 11 is 0. The van der Waals surface area contributed by atoms with E-state index in [1.165, 1.54) is 25.7 Å². The van der Waals surface area contributed by atoms with Crippen molar-refractivity contribution in [3.8, 4) is 0 Å². The summed E-state index contributed by atoms with van der Waals surface area (Å²) in [6, 6.07) is 0. The van der Waals surface area contributed by atoms with Gasteiger partial charge in [-0.1, -0.05) is 27.7 Å². The number of carboxylic acids is 1. The topological polar surface area (TPSA) is 77.8 Å². The predicted molar refractivity (Wildman–Crippen MR) is 113 cm³/mol. The standard InChI is InChI=1S/C25H42O4/c1-14(5-8-21(27)28)17-6-7-18-22-19(10-12-24(17,18)3)25(4)11-9-16(26)13-20(25)15(2)23(22)29/h14-20,22-23,26,29H,5-13H2,1-4H3,(H,27,28)/t14?,15-,16+,17+,18-,19-,20-,22-,23?,24+,25+/m0/s1. The predicted octanol–water partition coefficient (Wildman–Crippen LogP) is 4.72. The van der Waals surface area contributed by atoms with Crippen molar-refractivity contribution in [3.63, 3.8) is 0 Å². The Bertz CT molecular complexity index is 634. The highest BCUT2D eigenvalue weighted by molar-refractivity contribution is 5.66. The molecule has 0 aliphatic heterocycles. The van der Waals surface area contributed by atoms with Crippen LogP contribution in [0.15, 0.2) is 0 Å². The van der Waals surface area contributed by atoms with E-state index in [2.05, 4.69) is 27.7 Å². The zero-order valence-corrected chi connectivity index (χ0v) is 18.8. The summed E-state index contributed by atoms with van der Waals surface area (Å²) in [6.45, 7) is 9.41. The summed E-state index contributed by atoms with van der Waals surface area (Å²) in [7, 11) is 0. The molecule has 0 radical (unpaired) electrons. The molecule has 0 saturated heterocycles. The molecule has 29 heavy (non-hydrogen) atoms. The van der Waals surface area contributed by atoms with E-state index in [4.69, 9.17) is 5.11 Å². The van der Waals surface area contributed by atoms with Crippen molar-refractivity contribution >= 4 is 5.97 Å². The largest absolute Gasteiger partial charge is 0.481 e. The summed E-state index contributed by atoms with van der Waals surface area (Å²) in [5, 5.41) is 31.0. The second-order valence-electron chi connectivity index (χ2n) is 11.8. The van der Waals surface area contributed by atoms with Crippen LogP contribution in [0.25, 0.3) is 0 Å². The van der Waals surface area contributed by atoms with Gasteiger partial charge in [0.25, 0.3) is 0 Å². The zero-order chi connectivity index (χ0) is 21.1. The van der Waals surface area contributed by atoms with Crippen LogP contribution in [0, 0.1) is 52.3 Å². The van der Waals surface area contributed by atoms with E-state index in [1.54, 1.807) is 0 Å². The number of aliphatic hydroxyl groups excluding tert-OH is 2. The Balaban J connectivity index is 1.59. The molecule has 2 unspecified atom stereocenters. The highest BCUT2D eigenvalue weighted by Gasteiger charge is 2.64. The average molecular weight is 407 g/mol. The molecule has 4 saturated carbocycles. The van der Waals surface area contributed by atoms with Crippen LogP contribution in [0.2, 0.25) is 0 Å². The minimum absolute atomic E-state index is 0.195. The number of fused-ring (bicyclic) bond motifs is 5. The normalized spacial score (nSPS) is 52.9. The van der Waals surface area contributed by atoms with Gasteiger partial charge in [-0.3, -0.25) is 4.79 Å². The third-order valence-corrected chi connectivity index (χ3v) is 10.7. The molecule has 0 aromatic carbocycles. The minimum atomic E-state index is -0.685. The Labute approximate surface area is 176 Å². The van der Waals surface area contributed by atoms with Crippen molar-refractivity contribution < 1.29 is 20.1 Å². The first-order valence-corrected chi connectivity index (χ1v) is 12.2. The Morgan fingerprint density at radius 2 is 1.66 bits per heavy atom. The van der Waals surface area contributed by atoms with Crippen LogP contribution in [0.4, 0.5) is 0 Å². The lowest BCUT2D eigenvalue weighted by atomic mass is 9.42. The summed E-state index contributed by atoms with van der Waals surface area (Å²) in [4.78, 5) is 11.1. The Morgan fingerprint density at radius 1 is 1.00 bits per heavy atom. The van der Waals surface area contributed by atoms with E-state index in [9.17, 15) is 15.0 Å². The smallest absolute Gasteiger partial charge is 0.303 e. The Hall–Kier alpha value is -0.610. The molecule has 4 aliphatic carbocycles. The minimum Gasteiger partial charge on any atom is -0.481 e. The van der Waals surface area contributed by atoms with Crippen molar-refractivity contribution in [1.29, 1.82) is 0 Å². The fraction of sp³-hybridized carbons (Fsp3) is 0.960. The van der Waals surface area contributed by atoms with Crippen molar-refractivity contribution in [3.05, 3.63) is 0 Å². The third-order valence-electron chi connectivity index (χ3n) is 10.7. The van der Waals surface area contributed by atoms with E-state index in [1.807, 2.05) is 0 Å². The summed E-state index contributed by atoms with van der Waals surface area (Å²) < 4.78 is 0. The summed E-state index contributed by atoms with van der Waals surface area (Å²) in [6.07, 6.45) is 8.22. The van der Waals surface area contributed by atoms with E-state index in [0.29, 0.717) is 35.5 Å². The average Bonchev–Trinajstić information content (AvgIpc) is 3.02. The molecule has 0 aromatic heterocycles. The molecule has 0 amide bonds. The van der Waals surface area contributed by atoms with Gasteiger partial charge < -0.3 is 15.3 Å². The fourth-order valence-corrected chi connectivity index (χ4v) is 9.18. The van der Waals surface area contributed by atoms with Crippen LogP contribution < -0.4 is 0 Å². The molecule has 166 valence electrons. The highest BCUT2D eigenvalue weighted by atomic mass is 16.4. The van der Waals surface area contributed by atoms with Gasteiger partial charge in [-0.15, -0.1) is 0 Å². The molecule has 0 aromatic rings. The third kappa shape index (κ3) is 3.28. The van der Waals surface area contributed by atoms with Gasteiger partial charge in [0.15, 0.2) is 0 Å². The molecule has 4 aliphatic rings. The lowest BCUT2D eigenvalue weighted by Gasteiger charge is -2.64. The maximum atomic E-state index is 11.5. The molecule has 0 bridgehead atoms. The Morgan fingerprint density at radius 3 is 2.34 bits per heavy atom. The van der Waals surface area contributed by atoms with E-state index in [0.717, 1.165) is 25.7 Å². The first kappa shape index (κ1) is 21.6. The monoisotopic (exact) mass is 406 g/mol. The van der Waals surface area contributed by atoms with Gasteiger partial charge in [0.2, 0.25) is 0 Å². The number of aliphatic carboxylic acids is 1. The van der Waals surface area contributed by atoms with E-state index in [-0.39, 0.29) is 35.4 Å². The van der Waals surface area contributed by atoms with E-state index < -0.39 is 5.97 Å². The maximum Gasteiger partial charge on any atom is 0.303 e. The van der Waals surface area contributed by atoms with Crippen molar-refractivity contribution in [2.45, 2.75) is 97.7 Å². The molecule has 4 fully saturated rings. The molecule has 4 rings (SSSR count). The summed E-state index contributed by atoms with van der Waals surface area (Å²) in [5.74, 6) is 2.50. The molecule has 0 spiro atoms. The second-order valence-corrected chi connectivity index (χ2v) is 11.8. The van der Waals surface area contributed by atoms with Crippen LogP contribution >= 0.6 is 0 Å². The van der Waals surface area contributed by atoms with Crippen LogP contribution in [-0.4, -0.2) is 33.5 Å². The van der Waals surface area contributed by atoms with Gasteiger partial charge in [0, 0.05) is 6.42 Å². The van der Waals surface area contributed by atoms with Crippen LogP contribution in [0.1, 0.15) is 85.5 Å². The highest BCUT2D eigenvalue weighted by Crippen LogP contribution is 2.69. The molecule has 0 heterocycles. The van der Waals surface area contributed by atoms with Crippen molar-refractivity contribution in [2.24, 2.45) is 52.3 Å². The lowest BCUT2D eigenvalue weighted by molar-refractivity contribution is -0.199. The number of carbonyl (C=O) groups is 1. The van der Waals surface area contributed by atoms with Gasteiger partial charge in [-0.05, 0) is 104 Å². The van der Waals surface area contributed by atoms with Gasteiger partial charge in [-0.25, -0.2) is 0 Å². The lowest BCUT2D eigenvalue weighted by Crippen LogP contribution is -2.61. The molecule has 3 N–H and O–H groups in total. The number of hydrogen-bond acceptors (Lipinski definition) is 3. The van der Waals surface area contributed by atoms with Gasteiger partial charge >= 0.3 is 5.97 Å². The first-order chi connectivity index (χ1) is 13.6. The first-order valence-electron chi connectivity index (χ1n) is 12.2. The molecular weight excluding hydrogens is 364 g/mol. The molecular formula is C25H42O4. The van der Waals surface area contributed by atoms with Crippen molar-refractivity contribution in [1.82, 2.24) is 0 Å². The fourth-order valence-electron chi connectivity index (χ4n) is 9.18. The van der Waals surface area contributed by atoms with Crippen LogP contribution in [-0.2, 0) is 4.79 Å². The molecule has 4 nitrogen and oxygen atoms in total. The number of aliphatic hydroxyl groups is 2. The van der Waals surface area contributed by atoms with E-state index >= 15 is 0 Å².